The summed E-state index contributed by atoms with van der Waals surface area (Å²) in [6, 6.07) is -0.166. The average Bonchev–Trinajstić information content (AvgIpc) is 3.50. The number of ether oxygens (including phenoxy) is 1. The van der Waals surface area contributed by atoms with E-state index >= 15 is 0 Å². The van der Waals surface area contributed by atoms with Gasteiger partial charge in [0.05, 0.1) is 6.04 Å². The zero-order chi connectivity index (χ0) is 21.2. The summed E-state index contributed by atoms with van der Waals surface area (Å²) in [6.07, 6.45) is 6.05. The zero-order valence-corrected chi connectivity index (χ0v) is 18.4. The third-order valence-corrected chi connectivity index (χ3v) is 6.24. The van der Waals surface area contributed by atoms with E-state index in [9.17, 15) is 14.4 Å². The summed E-state index contributed by atoms with van der Waals surface area (Å²) >= 11 is 0. The number of piperidine rings is 2. The molecule has 1 aliphatic carbocycles. The molecule has 2 saturated heterocycles. The SMILES string of the molecule is C[C@H](NC(=O)OC(C)(C)C)[C@H]1CCCCN1C(=O)C1CCN(C(=O)C2CC2)CC1. The van der Waals surface area contributed by atoms with E-state index < -0.39 is 11.7 Å². The minimum absolute atomic E-state index is 0.00473. The highest BCUT2D eigenvalue weighted by molar-refractivity contribution is 5.82. The van der Waals surface area contributed by atoms with Gasteiger partial charge in [0.1, 0.15) is 5.60 Å². The monoisotopic (exact) mass is 407 g/mol. The summed E-state index contributed by atoms with van der Waals surface area (Å²) < 4.78 is 5.38. The molecule has 3 aliphatic rings. The minimum atomic E-state index is -0.544. The highest BCUT2D eigenvalue weighted by Crippen LogP contribution is 2.33. The summed E-state index contributed by atoms with van der Waals surface area (Å²) in [4.78, 5) is 41.6. The Morgan fingerprint density at radius 2 is 1.52 bits per heavy atom. The number of carbonyl (C=O) groups is 3. The predicted molar refractivity (Wildman–Crippen MR) is 110 cm³/mol. The fraction of sp³-hybridized carbons (Fsp3) is 0.864. The first-order chi connectivity index (χ1) is 13.7. The van der Waals surface area contributed by atoms with E-state index in [-0.39, 0.29) is 35.7 Å². The number of hydrogen-bond acceptors (Lipinski definition) is 4. The summed E-state index contributed by atoms with van der Waals surface area (Å²) in [5, 5.41) is 2.93. The Hall–Kier alpha value is -1.79. The predicted octanol–water partition coefficient (Wildman–Crippen LogP) is 2.93. The number of amides is 3. The van der Waals surface area contributed by atoms with Crippen molar-refractivity contribution in [1.29, 1.82) is 0 Å². The number of hydrogen-bond donors (Lipinski definition) is 1. The third-order valence-electron chi connectivity index (χ3n) is 6.24. The summed E-state index contributed by atoms with van der Waals surface area (Å²) in [7, 11) is 0. The topological polar surface area (TPSA) is 79.0 Å². The van der Waals surface area contributed by atoms with Crippen molar-refractivity contribution in [3.63, 3.8) is 0 Å². The highest BCUT2D eigenvalue weighted by Gasteiger charge is 2.39. The molecule has 0 aromatic rings. The van der Waals surface area contributed by atoms with E-state index in [2.05, 4.69) is 5.32 Å². The quantitative estimate of drug-likeness (QED) is 0.777. The lowest BCUT2D eigenvalue weighted by Gasteiger charge is -2.42. The molecule has 0 aromatic heterocycles. The first-order valence-corrected chi connectivity index (χ1v) is 11.2. The van der Waals surface area contributed by atoms with Crippen molar-refractivity contribution < 1.29 is 19.1 Å². The Kier molecular flexibility index (Phi) is 6.74. The van der Waals surface area contributed by atoms with Gasteiger partial charge in [-0.2, -0.15) is 0 Å². The molecular weight excluding hydrogens is 370 g/mol. The number of alkyl carbamates (subject to hydrolysis) is 1. The van der Waals surface area contributed by atoms with Gasteiger partial charge in [-0.15, -0.1) is 0 Å². The van der Waals surface area contributed by atoms with Crippen molar-refractivity contribution >= 4 is 17.9 Å². The van der Waals surface area contributed by atoms with E-state index in [0.717, 1.165) is 51.5 Å². The maximum atomic E-state index is 13.3. The van der Waals surface area contributed by atoms with E-state index in [1.807, 2.05) is 37.5 Å². The van der Waals surface area contributed by atoms with Gasteiger partial charge in [-0.3, -0.25) is 9.59 Å². The molecule has 2 aliphatic heterocycles. The van der Waals surface area contributed by atoms with E-state index in [0.29, 0.717) is 13.1 Å². The first kappa shape index (κ1) is 21.9. The molecule has 3 fully saturated rings. The molecule has 0 radical (unpaired) electrons. The largest absolute Gasteiger partial charge is 0.444 e. The van der Waals surface area contributed by atoms with Crippen molar-refractivity contribution in [3.8, 4) is 0 Å². The zero-order valence-electron chi connectivity index (χ0n) is 18.4. The molecule has 3 amide bonds. The molecule has 7 heteroatoms. The fourth-order valence-corrected chi connectivity index (χ4v) is 4.51. The van der Waals surface area contributed by atoms with Crippen LogP contribution in [-0.2, 0) is 14.3 Å². The second-order valence-electron chi connectivity index (χ2n) is 9.90. The molecule has 1 N–H and O–H groups in total. The lowest BCUT2D eigenvalue weighted by molar-refractivity contribution is -0.144. The van der Waals surface area contributed by atoms with Crippen molar-refractivity contribution in [2.75, 3.05) is 19.6 Å². The van der Waals surface area contributed by atoms with E-state index in [1.54, 1.807) is 0 Å². The van der Waals surface area contributed by atoms with Crippen molar-refractivity contribution in [2.45, 2.75) is 90.3 Å². The number of nitrogens with zero attached hydrogens (tertiary/aromatic N) is 2. The maximum Gasteiger partial charge on any atom is 0.407 e. The van der Waals surface area contributed by atoms with E-state index in [4.69, 9.17) is 4.74 Å². The number of carbonyl (C=O) groups excluding carboxylic acids is 3. The number of rotatable bonds is 4. The summed E-state index contributed by atoms with van der Waals surface area (Å²) in [5.41, 5.74) is -0.544. The van der Waals surface area contributed by atoms with Gasteiger partial charge in [0.25, 0.3) is 0 Å². The molecule has 29 heavy (non-hydrogen) atoms. The molecule has 2 heterocycles. The van der Waals surface area contributed by atoms with Gasteiger partial charge in [-0.05, 0) is 72.6 Å². The lowest BCUT2D eigenvalue weighted by Crippen LogP contribution is -2.56. The van der Waals surface area contributed by atoms with Gasteiger partial charge in [0.2, 0.25) is 11.8 Å². The van der Waals surface area contributed by atoms with Crippen LogP contribution < -0.4 is 5.32 Å². The van der Waals surface area contributed by atoms with Gasteiger partial charge in [-0.1, -0.05) is 0 Å². The van der Waals surface area contributed by atoms with Crippen LogP contribution in [0.25, 0.3) is 0 Å². The minimum Gasteiger partial charge on any atom is -0.444 e. The molecule has 2 atom stereocenters. The van der Waals surface area contributed by atoms with Gasteiger partial charge >= 0.3 is 6.09 Å². The van der Waals surface area contributed by atoms with Gasteiger partial charge < -0.3 is 19.9 Å². The first-order valence-electron chi connectivity index (χ1n) is 11.2. The Balaban J connectivity index is 1.55. The van der Waals surface area contributed by atoms with Crippen LogP contribution in [0, 0.1) is 11.8 Å². The van der Waals surface area contributed by atoms with Gasteiger partial charge in [0.15, 0.2) is 0 Å². The molecule has 0 bridgehead atoms. The fourth-order valence-electron chi connectivity index (χ4n) is 4.51. The van der Waals surface area contributed by atoms with Crippen LogP contribution in [0.2, 0.25) is 0 Å². The standard InChI is InChI=1S/C22H37N3O4/c1-15(23-21(28)29-22(2,3)4)18-7-5-6-12-25(18)20(27)17-10-13-24(14-11-17)19(26)16-8-9-16/h15-18H,5-14H2,1-4H3,(H,23,28)/t15-,18+/m0/s1. The van der Waals surface area contributed by atoms with Crippen molar-refractivity contribution in [3.05, 3.63) is 0 Å². The van der Waals surface area contributed by atoms with Crippen LogP contribution >= 0.6 is 0 Å². The molecule has 0 aromatic carbocycles. The second kappa shape index (κ2) is 8.92. The maximum absolute atomic E-state index is 13.3. The van der Waals surface area contributed by atoms with Crippen molar-refractivity contribution in [1.82, 2.24) is 15.1 Å². The highest BCUT2D eigenvalue weighted by atomic mass is 16.6. The number of nitrogens with one attached hydrogen (secondary N) is 1. The molecule has 0 unspecified atom stereocenters. The number of likely N-dealkylation sites (tertiary alicyclic amines) is 2. The lowest BCUT2D eigenvalue weighted by atomic mass is 9.90. The van der Waals surface area contributed by atoms with Crippen LogP contribution in [-0.4, -0.2) is 65.0 Å². The van der Waals surface area contributed by atoms with Crippen LogP contribution in [0.5, 0.6) is 0 Å². The Morgan fingerprint density at radius 1 is 0.897 bits per heavy atom. The van der Waals surface area contributed by atoms with E-state index in [1.165, 1.54) is 0 Å². The van der Waals surface area contributed by atoms with Crippen molar-refractivity contribution in [2.24, 2.45) is 11.8 Å². The molecular formula is C22H37N3O4. The van der Waals surface area contributed by atoms with Crippen LogP contribution in [0.15, 0.2) is 0 Å². The Bertz CT molecular complexity index is 618. The van der Waals surface area contributed by atoms with Gasteiger partial charge in [-0.25, -0.2) is 4.79 Å². The third kappa shape index (κ3) is 5.86. The molecule has 7 nitrogen and oxygen atoms in total. The Morgan fingerprint density at radius 3 is 2.10 bits per heavy atom. The summed E-state index contributed by atoms with van der Waals surface area (Å²) in [5.74, 6) is 0.689. The van der Waals surface area contributed by atoms with Crippen LogP contribution in [0.4, 0.5) is 4.79 Å². The van der Waals surface area contributed by atoms with Crippen LogP contribution in [0.3, 0.4) is 0 Å². The average molecular weight is 408 g/mol. The molecule has 164 valence electrons. The van der Waals surface area contributed by atoms with Crippen LogP contribution in [0.1, 0.15) is 72.6 Å². The van der Waals surface area contributed by atoms with Gasteiger partial charge in [0, 0.05) is 37.5 Å². The smallest absolute Gasteiger partial charge is 0.407 e. The molecule has 3 rings (SSSR count). The Labute approximate surface area is 174 Å². The molecule has 0 spiro atoms. The second-order valence-corrected chi connectivity index (χ2v) is 9.90. The normalized spacial score (nSPS) is 24.8. The molecule has 1 saturated carbocycles. The summed E-state index contributed by atoms with van der Waals surface area (Å²) in [6.45, 7) is 9.60.